The minimum Gasteiger partial charge on any atom is -0.340 e. The fourth-order valence-corrected chi connectivity index (χ4v) is 6.46. The van der Waals surface area contributed by atoms with Crippen LogP contribution in [-0.4, -0.2) is 45.5 Å². The molecule has 0 amide bonds. The third kappa shape index (κ3) is 2.65. The molecule has 0 radical (unpaired) electrons. The van der Waals surface area contributed by atoms with Gasteiger partial charge in [0.2, 0.25) is 0 Å². The second kappa shape index (κ2) is 6.87. The third-order valence-corrected chi connectivity index (χ3v) is 7.90. The van der Waals surface area contributed by atoms with Crippen LogP contribution in [0, 0.1) is 0 Å². The first-order chi connectivity index (χ1) is 15.8. The highest BCUT2D eigenvalue weighted by Crippen LogP contribution is 2.60. The number of H-pyrrole nitrogens is 2. The summed E-state index contributed by atoms with van der Waals surface area (Å²) in [6.45, 7) is 3.34. The first kappa shape index (κ1) is 18.3. The van der Waals surface area contributed by atoms with Crippen LogP contribution in [0.25, 0.3) is 11.2 Å². The fraction of sp³-hybridized carbons (Fsp3) is 0.346. The topological polar surface area (TPSA) is 71.0 Å². The molecule has 1 fully saturated rings. The maximum Gasteiger partial charge on any atom is 0.391 e. The predicted octanol–water partition coefficient (Wildman–Crippen LogP) is 3.48. The van der Waals surface area contributed by atoms with Gasteiger partial charge in [0.1, 0.15) is 5.52 Å². The van der Waals surface area contributed by atoms with Crippen molar-refractivity contribution in [2.45, 2.75) is 36.6 Å². The van der Waals surface area contributed by atoms with Crippen LogP contribution in [0.1, 0.15) is 47.4 Å². The number of rotatable bonds is 4. The van der Waals surface area contributed by atoms with E-state index in [0.29, 0.717) is 12.0 Å². The largest absolute Gasteiger partial charge is 0.391 e. The maximum absolute atomic E-state index is 4.59. The lowest BCUT2D eigenvalue weighted by Gasteiger charge is -2.39. The molecule has 2 aromatic heterocycles. The van der Waals surface area contributed by atoms with Crippen molar-refractivity contribution in [3.05, 3.63) is 83.3 Å². The number of anilines is 1. The first-order valence-corrected chi connectivity index (χ1v) is 11.7. The fourth-order valence-electron chi connectivity index (χ4n) is 6.46. The second-order valence-electron chi connectivity index (χ2n) is 9.60. The highest BCUT2D eigenvalue weighted by atomic mass is 15.2. The Balaban J connectivity index is 1.09. The summed E-state index contributed by atoms with van der Waals surface area (Å²) in [5.74, 6) is 1.37. The van der Waals surface area contributed by atoms with Crippen LogP contribution in [0.2, 0.25) is 0 Å². The van der Waals surface area contributed by atoms with Crippen molar-refractivity contribution in [3.8, 4) is 0 Å². The Bertz CT molecular complexity index is 1250. The summed E-state index contributed by atoms with van der Waals surface area (Å²) in [4.78, 5) is 17.9. The molecule has 6 heteroatoms. The number of hydrogen-bond donors (Lipinski definition) is 2. The minimum atomic E-state index is 0.151. The van der Waals surface area contributed by atoms with E-state index in [-0.39, 0.29) is 5.41 Å². The smallest absolute Gasteiger partial charge is 0.340 e. The van der Waals surface area contributed by atoms with Gasteiger partial charge in [-0.3, -0.25) is 5.32 Å². The number of hydrogen-bond acceptors (Lipinski definition) is 4. The van der Waals surface area contributed by atoms with E-state index in [9.17, 15) is 0 Å². The summed E-state index contributed by atoms with van der Waals surface area (Å²) in [5.41, 5.74) is 8.06. The Morgan fingerprint density at radius 2 is 1.75 bits per heavy atom. The van der Waals surface area contributed by atoms with E-state index in [1.165, 1.54) is 6.42 Å². The highest BCUT2D eigenvalue weighted by Gasteiger charge is 2.53. The summed E-state index contributed by atoms with van der Waals surface area (Å²) in [6, 6.07) is 18.8. The number of piperidine rings is 1. The van der Waals surface area contributed by atoms with Crippen molar-refractivity contribution in [1.82, 2.24) is 19.9 Å². The van der Waals surface area contributed by atoms with Gasteiger partial charge < -0.3 is 9.88 Å². The summed E-state index contributed by atoms with van der Waals surface area (Å²) in [7, 11) is 0. The first-order valence-electron chi connectivity index (χ1n) is 11.7. The quantitative estimate of drug-likeness (QED) is 0.527. The van der Waals surface area contributed by atoms with Crippen LogP contribution in [0.15, 0.2) is 61.1 Å². The van der Waals surface area contributed by atoms with Crippen molar-refractivity contribution < 1.29 is 4.98 Å². The number of likely N-dealkylation sites (tertiary alicyclic amines) is 1. The number of fused-ring (bicyclic) bond motifs is 9. The summed E-state index contributed by atoms with van der Waals surface area (Å²) >= 11 is 0. The lowest BCUT2D eigenvalue weighted by Crippen LogP contribution is -2.46. The molecule has 2 aliphatic carbocycles. The van der Waals surface area contributed by atoms with E-state index in [2.05, 4.69) is 78.7 Å². The molecular weight excluding hydrogens is 396 g/mol. The molecule has 7 rings (SSSR count). The van der Waals surface area contributed by atoms with Gasteiger partial charge in [0, 0.05) is 31.0 Å². The molecule has 0 unspecified atom stereocenters. The van der Waals surface area contributed by atoms with Gasteiger partial charge in [-0.25, -0.2) is 9.97 Å². The summed E-state index contributed by atoms with van der Waals surface area (Å²) < 4.78 is 0. The lowest BCUT2D eigenvalue weighted by molar-refractivity contribution is -0.363. The normalized spacial score (nSPS) is 24.6. The standard InChI is InChI=1S/C26H26N6/c1-3-7-21-18(5-1)20-13-26(21,22-8-4-2-6-19(20)22)15-32-11-9-17(10-12-32)30-25-27-14-23-24(31-25)29-16-28-23/h1-8,14,16-17,20H,9-13,15H2,(H2,27,28,29,30,31)/p+1. The van der Waals surface area contributed by atoms with Gasteiger partial charge in [0.25, 0.3) is 5.65 Å². The zero-order chi connectivity index (χ0) is 21.1. The maximum atomic E-state index is 4.59. The van der Waals surface area contributed by atoms with Crippen LogP contribution >= 0.6 is 0 Å². The molecule has 1 aliphatic heterocycles. The average molecular weight is 424 g/mol. The summed E-state index contributed by atoms with van der Waals surface area (Å²) in [5, 5.41) is 3.59. The van der Waals surface area contributed by atoms with E-state index in [4.69, 9.17) is 0 Å². The molecule has 6 nitrogen and oxygen atoms in total. The Kier molecular flexibility index (Phi) is 3.94. The van der Waals surface area contributed by atoms with E-state index in [1.54, 1.807) is 28.6 Å². The van der Waals surface area contributed by atoms with Gasteiger partial charge in [-0.2, -0.15) is 0 Å². The molecule has 4 aromatic rings. The molecule has 160 valence electrons. The number of nitrogens with zero attached hydrogens (tertiary/aromatic N) is 3. The van der Waals surface area contributed by atoms with E-state index in [1.807, 2.05) is 6.20 Å². The van der Waals surface area contributed by atoms with Gasteiger partial charge in [-0.1, -0.05) is 48.5 Å². The van der Waals surface area contributed by atoms with Gasteiger partial charge in [-0.15, -0.1) is 0 Å². The monoisotopic (exact) mass is 423 g/mol. The third-order valence-electron chi connectivity index (χ3n) is 7.90. The number of imidazole rings is 1. The zero-order valence-electron chi connectivity index (χ0n) is 18.0. The molecule has 2 aromatic carbocycles. The molecule has 0 saturated carbocycles. The van der Waals surface area contributed by atoms with Gasteiger partial charge in [-0.05, 0) is 46.5 Å². The number of nitrogens with one attached hydrogen (secondary N) is 3. The molecular formula is C26H27N6+. The second-order valence-corrected chi connectivity index (χ2v) is 9.60. The molecule has 2 bridgehead atoms. The Hall–Kier alpha value is -3.25. The Morgan fingerprint density at radius 1 is 1.03 bits per heavy atom. The molecule has 3 heterocycles. The molecule has 0 spiro atoms. The predicted molar refractivity (Wildman–Crippen MR) is 124 cm³/mol. The lowest BCUT2D eigenvalue weighted by atomic mass is 9.74. The van der Waals surface area contributed by atoms with Crippen LogP contribution in [0.5, 0.6) is 0 Å². The summed E-state index contributed by atoms with van der Waals surface area (Å²) in [6.07, 6.45) is 7.08. The number of aromatic amines is 2. The molecule has 0 atom stereocenters. The molecule has 3 N–H and O–H groups in total. The van der Waals surface area contributed by atoms with Gasteiger partial charge >= 0.3 is 5.95 Å². The van der Waals surface area contributed by atoms with Crippen molar-refractivity contribution in [2.75, 3.05) is 25.0 Å². The van der Waals surface area contributed by atoms with Crippen molar-refractivity contribution in [3.63, 3.8) is 0 Å². The number of benzene rings is 2. The zero-order valence-corrected chi connectivity index (χ0v) is 18.0. The van der Waals surface area contributed by atoms with E-state index in [0.717, 1.165) is 49.6 Å². The average Bonchev–Trinajstić information content (AvgIpc) is 3.52. The molecule has 32 heavy (non-hydrogen) atoms. The minimum absolute atomic E-state index is 0.151. The van der Waals surface area contributed by atoms with Crippen molar-refractivity contribution in [1.29, 1.82) is 0 Å². The molecule has 1 saturated heterocycles. The van der Waals surface area contributed by atoms with Gasteiger partial charge in [0.05, 0.1) is 18.6 Å². The van der Waals surface area contributed by atoms with E-state index >= 15 is 0 Å². The van der Waals surface area contributed by atoms with Gasteiger partial charge in [0.15, 0.2) is 0 Å². The SMILES string of the molecule is c1ccc2c(c1)C1CC2(CN2CCC(Nc3nc4nc[nH]c4c[nH+]3)CC2)c2ccccc21. The highest BCUT2D eigenvalue weighted by molar-refractivity contribution is 5.68. The number of aromatic nitrogens is 4. The van der Waals surface area contributed by atoms with E-state index < -0.39 is 0 Å². The Morgan fingerprint density at radius 3 is 2.50 bits per heavy atom. The van der Waals surface area contributed by atoms with Crippen LogP contribution in [0.3, 0.4) is 0 Å². The Labute approximate surface area is 187 Å². The van der Waals surface area contributed by atoms with Crippen LogP contribution < -0.4 is 10.3 Å². The van der Waals surface area contributed by atoms with Crippen molar-refractivity contribution >= 4 is 17.1 Å². The van der Waals surface area contributed by atoms with Crippen LogP contribution in [0.4, 0.5) is 5.95 Å². The van der Waals surface area contributed by atoms with Crippen LogP contribution in [-0.2, 0) is 5.41 Å². The molecule has 3 aliphatic rings. The van der Waals surface area contributed by atoms with Crippen molar-refractivity contribution in [2.24, 2.45) is 0 Å².